The molecule has 5 nitrogen and oxygen atoms in total. The molecule has 20 heavy (non-hydrogen) atoms. The topological polar surface area (TPSA) is 70.2 Å². The lowest BCUT2D eigenvalue weighted by atomic mass is 10.2. The molecule has 0 spiro atoms. The first-order chi connectivity index (χ1) is 9.52. The van der Waals surface area contributed by atoms with Crippen LogP contribution in [0.1, 0.15) is 25.8 Å². The van der Waals surface area contributed by atoms with Crippen molar-refractivity contribution in [2.24, 2.45) is 0 Å². The van der Waals surface area contributed by atoms with E-state index in [-0.39, 0.29) is 18.3 Å². The minimum absolute atomic E-state index is 0.219. The highest BCUT2D eigenvalue weighted by Crippen LogP contribution is 2.01. The third-order valence-electron chi connectivity index (χ3n) is 2.66. The van der Waals surface area contributed by atoms with Crippen molar-refractivity contribution in [3.63, 3.8) is 0 Å². The molecule has 1 aromatic carbocycles. The molecule has 0 bridgehead atoms. The highest BCUT2D eigenvalue weighted by molar-refractivity contribution is 5.86. The number of rotatable bonds is 6. The summed E-state index contributed by atoms with van der Waals surface area (Å²) < 4.78 is 12.7. The highest BCUT2D eigenvalue weighted by Gasteiger charge is 2.14. The van der Waals surface area contributed by atoms with Gasteiger partial charge in [-0.3, -0.25) is 4.79 Å². The van der Waals surface area contributed by atoms with Gasteiger partial charge in [0.1, 0.15) is 11.9 Å². The van der Waals surface area contributed by atoms with Crippen molar-refractivity contribution in [1.82, 2.24) is 16.0 Å². The fourth-order valence-corrected chi connectivity index (χ4v) is 1.50. The Bertz CT molecular complexity index is 448. The van der Waals surface area contributed by atoms with Gasteiger partial charge in [-0.2, -0.15) is 0 Å². The average Bonchev–Trinajstić information content (AvgIpc) is 2.44. The van der Waals surface area contributed by atoms with Gasteiger partial charge in [0.05, 0.1) is 0 Å². The summed E-state index contributed by atoms with van der Waals surface area (Å²) in [5.74, 6) is -0.539. The van der Waals surface area contributed by atoms with E-state index in [1.54, 1.807) is 19.1 Å². The highest BCUT2D eigenvalue weighted by atomic mass is 19.1. The Morgan fingerprint density at radius 1 is 1.20 bits per heavy atom. The quantitative estimate of drug-likeness (QED) is 0.740. The lowest BCUT2D eigenvalue weighted by Gasteiger charge is -2.14. The fraction of sp³-hybridized carbons (Fsp3) is 0.429. The third kappa shape index (κ3) is 5.69. The molecule has 0 aliphatic rings. The van der Waals surface area contributed by atoms with Gasteiger partial charge in [0.2, 0.25) is 5.91 Å². The van der Waals surface area contributed by atoms with Crippen molar-refractivity contribution in [3.05, 3.63) is 35.6 Å². The van der Waals surface area contributed by atoms with Crippen molar-refractivity contribution in [1.29, 1.82) is 0 Å². The Labute approximate surface area is 117 Å². The first kappa shape index (κ1) is 15.9. The monoisotopic (exact) mass is 281 g/mol. The van der Waals surface area contributed by atoms with E-state index < -0.39 is 12.1 Å². The molecule has 6 heteroatoms. The molecular weight excluding hydrogens is 261 g/mol. The van der Waals surface area contributed by atoms with Gasteiger partial charge < -0.3 is 16.0 Å². The predicted molar refractivity (Wildman–Crippen MR) is 74.5 cm³/mol. The SMILES string of the molecule is CCCNC(=O)C(C)NC(=O)NCc1ccc(F)cc1. The summed E-state index contributed by atoms with van der Waals surface area (Å²) >= 11 is 0. The number of carbonyl (C=O) groups is 2. The number of urea groups is 1. The number of carbonyl (C=O) groups excluding carboxylic acids is 2. The average molecular weight is 281 g/mol. The van der Waals surface area contributed by atoms with Crippen LogP contribution < -0.4 is 16.0 Å². The van der Waals surface area contributed by atoms with Gasteiger partial charge in [0, 0.05) is 13.1 Å². The maximum Gasteiger partial charge on any atom is 0.315 e. The molecule has 0 heterocycles. The van der Waals surface area contributed by atoms with Crippen LogP contribution in [0.4, 0.5) is 9.18 Å². The van der Waals surface area contributed by atoms with Crippen LogP contribution in [-0.2, 0) is 11.3 Å². The standard InChI is InChI=1S/C14H20FN3O2/c1-3-8-16-13(19)10(2)18-14(20)17-9-11-4-6-12(15)7-5-11/h4-7,10H,3,8-9H2,1-2H3,(H,16,19)(H2,17,18,20). The predicted octanol–water partition coefficient (Wildman–Crippen LogP) is 1.54. The van der Waals surface area contributed by atoms with Crippen molar-refractivity contribution < 1.29 is 14.0 Å². The van der Waals surface area contributed by atoms with Crippen molar-refractivity contribution in [2.45, 2.75) is 32.9 Å². The van der Waals surface area contributed by atoms with Gasteiger partial charge in [-0.1, -0.05) is 19.1 Å². The van der Waals surface area contributed by atoms with Crippen LogP contribution in [0.3, 0.4) is 0 Å². The Hall–Kier alpha value is -2.11. The minimum atomic E-state index is -0.602. The first-order valence-electron chi connectivity index (χ1n) is 6.59. The van der Waals surface area contributed by atoms with Crippen LogP contribution in [0.25, 0.3) is 0 Å². The molecule has 3 amide bonds. The molecule has 0 aromatic heterocycles. The molecule has 1 unspecified atom stereocenters. The van der Waals surface area contributed by atoms with E-state index in [0.717, 1.165) is 12.0 Å². The molecule has 3 N–H and O–H groups in total. The molecular formula is C14H20FN3O2. The maximum atomic E-state index is 12.7. The number of hydrogen-bond donors (Lipinski definition) is 3. The van der Waals surface area contributed by atoms with Crippen molar-refractivity contribution >= 4 is 11.9 Å². The van der Waals surface area contributed by atoms with Gasteiger partial charge in [0.15, 0.2) is 0 Å². The molecule has 0 aliphatic heterocycles. The summed E-state index contributed by atoms with van der Waals surface area (Å²) in [6.45, 7) is 4.42. The smallest absolute Gasteiger partial charge is 0.315 e. The summed E-state index contributed by atoms with van der Waals surface area (Å²) in [6, 6.07) is 4.80. The second kappa shape index (κ2) is 8.14. The maximum absolute atomic E-state index is 12.7. The molecule has 0 fully saturated rings. The number of hydrogen-bond acceptors (Lipinski definition) is 2. The van der Waals surface area contributed by atoms with Crippen LogP contribution in [0.15, 0.2) is 24.3 Å². The molecule has 1 aromatic rings. The zero-order chi connectivity index (χ0) is 15.0. The third-order valence-corrected chi connectivity index (χ3v) is 2.66. The molecule has 1 rings (SSSR count). The zero-order valence-electron chi connectivity index (χ0n) is 11.7. The lowest BCUT2D eigenvalue weighted by molar-refractivity contribution is -0.122. The summed E-state index contributed by atoms with van der Waals surface area (Å²) in [5.41, 5.74) is 0.782. The zero-order valence-corrected chi connectivity index (χ0v) is 11.7. The molecule has 1 atom stereocenters. The lowest BCUT2D eigenvalue weighted by Crippen LogP contribution is -2.48. The molecule has 110 valence electrons. The number of benzene rings is 1. The van der Waals surface area contributed by atoms with Gasteiger partial charge in [0.25, 0.3) is 0 Å². The molecule has 0 radical (unpaired) electrons. The van der Waals surface area contributed by atoms with Gasteiger partial charge >= 0.3 is 6.03 Å². The van der Waals surface area contributed by atoms with E-state index in [9.17, 15) is 14.0 Å². The Balaban J connectivity index is 2.32. The van der Waals surface area contributed by atoms with Gasteiger partial charge in [-0.25, -0.2) is 9.18 Å². The Morgan fingerprint density at radius 3 is 2.45 bits per heavy atom. The van der Waals surface area contributed by atoms with Crippen molar-refractivity contribution in [3.8, 4) is 0 Å². The molecule has 0 saturated heterocycles. The van der Waals surface area contributed by atoms with E-state index in [1.807, 2.05) is 6.92 Å². The summed E-state index contributed by atoms with van der Waals surface area (Å²) in [4.78, 5) is 23.1. The second-order valence-corrected chi connectivity index (χ2v) is 4.47. The van der Waals surface area contributed by atoms with Crippen LogP contribution in [0.5, 0.6) is 0 Å². The first-order valence-corrected chi connectivity index (χ1v) is 6.59. The second-order valence-electron chi connectivity index (χ2n) is 4.47. The Morgan fingerprint density at radius 2 is 1.85 bits per heavy atom. The number of amides is 3. The van der Waals surface area contributed by atoms with Crippen molar-refractivity contribution in [2.75, 3.05) is 6.54 Å². The van der Waals surface area contributed by atoms with E-state index in [4.69, 9.17) is 0 Å². The minimum Gasteiger partial charge on any atom is -0.354 e. The van der Waals surface area contributed by atoms with Crippen LogP contribution in [-0.4, -0.2) is 24.5 Å². The largest absolute Gasteiger partial charge is 0.354 e. The Kier molecular flexibility index (Phi) is 6.49. The summed E-state index contributed by atoms with van der Waals surface area (Å²) in [6.07, 6.45) is 0.842. The number of halogens is 1. The van der Waals surface area contributed by atoms with E-state index in [1.165, 1.54) is 12.1 Å². The van der Waals surface area contributed by atoms with Crippen LogP contribution in [0.2, 0.25) is 0 Å². The van der Waals surface area contributed by atoms with E-state index in [2.05, 4.69) is 16.0 Å². The van der Waals surface area contributed by atoms with E-state index >= 15 is 0 Å². The summed E-state index contributed by atoms with van der Waals surface area (Å²) in [5, 5.41) is 7.84. The van der Waals surface area contributed by atoms with Crippen LogP contribution in [0, 0.1) is 5.82 Å². The molecule has 0 saturated carbocycles. The summed E-state index contributed by atoms with van der Waals surface area (Å²) in [7, 11) is 0. The van der Waals surface area contributed by atoms with E-state index in [0.29, 0.717) is 6.54 Å². The van der Waals surface area contributed by atoms with Gasteiger partial charge in [-0.15, -0.1) is 0 Å². The molecule has 0 aliphatic carbocycles. The van der Waals surface area contributed by atoms with Gasteiger partial charge in [-0.05, 0) is 31.0 Å². The van der Waals surface area contributed by atoms with Crippen LogP contribution >= 0.6 is 0 Å². The normalized spacial score (nSPS) is 11.6. The number of nitrogens with one attached hydrogen (secondary N) is 3. The fourth-order valence-electron chi connectivity index (χ4n) is 1.50.